The monoisotopic (exact) mass is 749 g/mol. The summed E-state index contributed by atoms with van der Waals surface area (Å²) in [6.07, 6.45) is -0.0550. The number of carboxylic acid groups (broad SMARTS) is 1. The molecular formula is C40H42F3N3O8. The van der Waals surface area contributed by atoms with Crippen molar-refractivity contribution in [2.45, 2.75) is 81.3 Å². The Morgan fingerprint density at radius 3 is 2.31 bits per heavy atom. The van der Waals surface area contributed by atoms with Crippen LogP contribution in [-0.2, 0) is 32.9 Å². The molecule has 0 unspecified atom stereocenters. The molecule has 4 atom stereocenters. The number of aliphatic hydroxyl groups excluding tert-OH is 1. The van der Waals surface area contributed by atoms with Gasteiger partial charge in [-0.15, -0.1) is 0 Å². The summed E-state index contributed by atoms with van der Waals surface area (Å²) in [4.78, 5) is 43.7. The van der Waals surface area contributed by atoms with Gasteiger partial charge in [0.15, 0.2) is 17.4 Å². The lowest BCUT2D eigenvalue weighted by Gasteiger charge is -2.53. The second-order valence-electron chi connectivity index (χ2n) is 13.8. The van der Waals surface area contributed by atoms with E-state index < -0.39 is 71.6 Å². The van der Waals surface area contributed by atoms with E-state index in [0.717, 1.165) is 30.0 Å². The zero-order valence-electron chi connectivity index (χ0n) is 29.9. The first-order chi connectivity index (χ1) is 25.9. The van der Waals surface area contributed by atoms with Crippen LogP contribution in [0.15, 0.2) is 54.6 Å². The fourth-order valence-electron chi connectivity index (χ4n) is 7.22. The number of fused-ring (bicyclic) bond motifs is 2. The summed E-state index contributed by atoms with van der Waals surface area (Å²) in [5.41, 5.74) is 1.13. The summed E-state index contributed by atoms with van der Waals surface area (Å²) in [5.74, 6) is 0.925. The van der Waals surface area contributed by atoms with Crippen LogP contribution in [0, 0.1) is 29.3 Å². The van der Waals surface area contributed by atoms with Crippen LogP contribution in [0.2, 0.25) is 0 Å². The standard InChI is InChI=1S/C40H42F3N3O8/c1-52-30-17-25(18-31(21-30)53-2)22-45(28-11-12-28)39(51)38-40(15-3-6-27(44-40)23-46(38)34(48)19-29(47)20-35(49)50)26-9-7-24(8-10-26)5-4-16-54-37-33(42)14-13-32(41)36(37)43/h7-10,13-14,17-18,21,27-29,38,44,47H,4-5,11-12,15-16,19-20,22-23H2,1-2H3,(H,49,50)/t27-,29-,38+,40+/m0/s1. The Hall–Kier alpha value is -5.26. The van der Waals surface area contributed by atoms with Gasteiger partial charge in [-0.3, -0.25) is 19.7 Å². The van der Waals surface area contributed by atoms with Gasteiger partial charge >= 0.3 is 5.97 Å². The number of aryl methyl sites for hydroxylation is 1. The van der Waals surface area contributed by atoms with Gasteiger partial charge < -0.3 is 34.2 Å². The average Bonchev–Trinajstić information content (AvgIpc) is 4.00. The van der Waals surface area contributed by atoms with Crippen LogP contribution in [0.25, 0.3) is 0 Å². The molecule has 6 rings (SSSR count). The molecule has 3 aliphatic rings. The molecular weight excluding hydrogens is 707 g/mol. The Labute approximate surface area is 311 Å². The van der Waals surface area contributed by atoms with Crippen molar-refractivity contribution in [3.63, 3.8) is 0 Å². The number of nitrogens with one attached hydrogen (secondary N) is 1. The van der Waals surface area contributed by atoms with E-state index in [2.05, 4.69) is 17.2 Å². The van der Waals surface area contributed by atoms with Gasteiger partial charge in [0, 0.05) is 31.6 Å². The van der Waals surface area contributed by atoms with E-state index in [1.807, 2.05) is 36.4 Å². The lowest BCUT2D eigenvalue weighted by atomic mass is 9.73. The number of aliphatic hydroxyl groups is 1. The van der Waals surface area contributed by atoms with Crippen LogP contribution in [-0.4, -0.2) is 89.4 Å². The summed E-state index contributed by atoms with van der Waals surface area (Å²) in [7, 11) is 3.08. The van der Waals surface area contributed by atoms with Gasteiger partial charge in [0.05, 0.1) is 51.4 Å². The van der Waals surface area contributed by atoms with Crippen molar-refractivity contribution in [1.82, 2.24) is 15.1 Å². The SMILES string of the molecule is COc1cc(CN(C(=O)[C@H]2N(C(=O)C[C@H](O)CC(=O)O)C[C@@H]3C#CC[C@]2(c2ccc(CCCOc4c(F)ccc(F)c4F)cc2)N3)C2CC2)cc(OC)c1. The maximum absolute atomic E-state index is 15.1. The second kappa shape index (κ2) is 16.4. The van der Waals surface area contributed by atoms with Gasteiger partial charge in [-0.25, -0.2) is 8.78 Å². The molecule has 3 aromatic carbocycles. The van der Waals surface area contributed by atoms with Gasteiger partial charge in [0.25, 0.3) is 0 Å². The molecule has 1 saturated carbocycles. The molecule has 2 amide bonds. The molecule has 14 heteroatoms. The zero-order valence-corrected chi connectivity index (χ0v) is 29.9. The Kier molecular flexibility index (Phi) is 11.7. The summed E-state index contributed by atoms with van der Waals surface area (Å²) in [6.45, 7) is 0.173. The van der Waals surface area contributed by atoms with Gasteiger partial charge in [-0.05, 0) is 66.6 Å². The fraction of sp³-hybridized carbons (Fsp3) is 0.425. The van der Waals surface area contributed by atoms with Crippen molar-refractivity contribution < 1.29 is 52.0 Å². The van der Waals surface area contributed by atoms with E-state index in [4.69, 9.17) is 14.2 Å². The quantitative estimate of drug-likeness (QED) is 0.111. The van der Waals surface area contributed by atoms with Crippen molar-refractivity contribution in [3.8, 4) is 29.1 Å². The van der Waals surface area contributed by atoms with Crippen molar-refractivity contribution in [2.75, 3.05) is 27.4 Å². The van der Waals surface area contributed by atoms with Crippen LogP contribution >= 0.6 is 0 Å². The number of carbonyl (C=O) groups excluding carboxylic acids is 2. The normalized spacial score (nSPS) is 20.7. The van der Waals surface area contributed by atoms with Crippen molar-refractivity contribution in [2.24, 2.45) is 0 Å². The summed E-state index contributed by atoms with van der Waals surface area (Å²) in [6, 6.07) is 12.6. The zero-order chi connectivity index (χ0) is 38.6. The Morgan fingerprint density at radius 1 is 0.981 bits per heavy atom. The van der Waals surface area contributed by atoms with Crippen LogP contribution in [0.1, 0.15) is 55.2 Å². The minimum absolute atomic E-state index is 0.0415. The van der Waals surface area contributed by atoms with Crippen LogP contribution < -0.4 is 19.5 Å². The number of hydrogen-bond donors (Lipinski definition) is 3. The third-order valence-electron chi connectivity index (χ3n) is 9.97. The molecule has 2 heterocycles. The van der Waals surface area contributed by atoms with E-state index in [1.54, 1.807) is 11.0 Å². The molecule has 1 aliphatic carbocycles. The number of rotatable bonds is 16. The minimum atomic E-state index is -1.46. The third kappa shape index (κ3) is 8.42. The number of carbonyl (C=O) groups is 3. The van der Waals surface area contributed by atoms with E-state index in [0.29, 0.717) is 36.0 Å². The first-order valence-electron chi connectivity index (χ1n) is 17.8. The minimum Gasteiger partial charge on any atom is -0.497 e. The number of ether oxygens (including phenoxy) is 3. The first-order valence-corrected chi connectivity index (χ1v) is 17.8. The highest BCUT2D eigenvalue weighted by atomic mass is 19.2. The summed E-state index contributed by atoms with van der Waals surface area (Å²) in [5, 5.41) is 23.3. The number of benzene rings is 3. The Bertz CT molecular complexity index is 1920. The van der Waals surface area contributed by atoms with E-state index in [-0.39, 0.29) is 38.1 Å². The lowest BCUT2D eigenvalue weighted by Crippen LogP contribution is -2.73. The maximum Gasteiger partial charge on any atom is 0.305 e. The molecule has 286 valence electrons. The molecule has 2 bridgehead atoms. The lowest BCUT2D eigenvalue weighted by molar-refractivity contribution is -0.156. The number of halogens is 3. The fourth-order valence-corrected chi connectivity index (χ4v) is 7.22. The first kappa shape index (κ1) is 38.5. The summed E-state index contributed by atoms with van der Waals surface area (Å²) >= 11 is 0. The Morgan fingerprint density at radius 2 is 1.67 bits per heavy atom. The maximum atomic E-state index is 15.1. The van der Waals surface area contributed by atoms with Crippen LogP contribution in [0.4, 0.5) is 13.2 Å². The van der Waals surface area contributed by atoms with Crippen molar-refractivity contribution >= 4 is 17.8 Å². The molecule has 3 aromatic rings. The van der Waals surface area contributed by atoms with E-state index in [9.17, 15) is 33.0 Å². The molecule has 0 radical (unpaired) electrons. The molecule has 2 fully saturated rings. The van der Waals surface area contributed by atoms with Crippen molar-refractivity contribution in [1.29, 1.82) is 0 Å². The molecule has 3 N–H and O–H groups in total. The Balaban J connectivity index is 1.30. The molecule has 2 aliphatic heterocycles. The topological polar surface area (TPSA) is 138 Å². The van der Waals surface area contributed by atoms with Gasteiger partial charge in [0.2, 0.25) is 17.6 Å². The highest BCUT2D eigenvalue weighted by molar-refractivity contribution is 5.91. The second-order valence-corrected chi connectivity index (χ2v) is 13.8. The number of nitrogens with zero attached hydrogens (tertiary/aromatic N) is 2. The predicted molar refractivity (Wildman–Crippen MR) is 189 cm³/mol. The molecule has 0 aromatic heterocycles. The van der Waals surface area contributed by atoms with Crippen LogP contribution in [0.5, 0.6) is 17.2 Å². The average molecular weight is 750 g/mol. The molecule has 1 saturated heterocycles. The smallest absolute Gasteiger partial charge is 0.305 e. The molecule has 0 spiro atoms. The van der Waals surface area contributed by atoms with E-state index in [1.165, 1.54) is 19.1 Å². The highest BCUT2D eigenvalue weighted by Crippen LogP contribution is 2.41. The molecule has 54 heavy (non-hydrogen) atoms. The van der Waals surface area contributed by atoms with Gasteiger partial charge in [0.1, 0.15) is 17.5 Å². The molecule has 11 nitrogen and oxygen atoms in total. The largest absolute Gasteiger partial charge is 0.497 e. The number of methoxy groups -OCH3 is 2. The van der Waals surface area contributed by atoms with E-state index >= 15 is 4.79 Å². The van der Waals surface area contributed by atoms with Crippen LogP contribution in [0.3, 0.4) is 0 Å². The third-order valence-corrected chi connectivity index (χ3v) is 9.97. The van der Waals surface area contributed by atoms with Gasteiger partial charge in [-0.2, -0.15) is 4.39 Å². The van der Waals surface area contributed by atoms with Gasteiger partial charge in [-0.1, -0.05) is 36.1 Å². The summed E-state index contributed by atoms with van der Waals surface area (Å²) < 4.78 is 57.8. The number of aliphatic carboxylic acids is 1. The predicted octanol–water partition coefficient (Wildman–Crippen LogP) is 4.32. The number of hydrogen-bond acceptors (Lipinski definition) is 8. The van der Waals surface area contributed by atoms with Crippen molar-refractivity contribution in [3.05, 3.63) is 88.7 Å². The number of amides is 2. The highest BCUT2D eigenvalue weighted by Gasteiger charge is 2.56. The number of carboxylic acids is 1. The number of piperazine rings is 1.